The Kier molecular flexibility index (Phi) is 5.11. The van der Waals surface area contributed by atoms with Gasteiger partial charge in [0.1, 0.15) is 6.10 Å². The van der Waals surface area contributed by atoms with Crippen molar-refractivity contribution in [3.63, 3.8) is 0 Å². The smallest absolute Gasteiger partial charge is 0.310 e. The molecule has 1 heterocycles. The maximum Gasteiger partial charge on any atom is 0.310 e. The lowest BCUT2D eigenvalue weighted by molar-refractivity contribution is -0.152. The topological polar surface area (TPSA) is 96.0 Å². The second-order valence-corrected chi connectivity index (χ2v) is 9.02. The van der Waals surface area contributed by atoms with Crippen LogP contribution in [0.4, 0.5) is 0 Å². The monoisotopic (exact) mass is 348 g/mol. The number of hydrogen-bond acceptors (Lipinski definition) is 7. The summed E-state index contributed by atoms with van der Waals surface area (Å²) in [7, 11) is -4.47. The first-order valence-electron chi connectivity index (χ1n) is 7.89. The van der Waals surface area contributed by atoms with Gasteiger partial charge in [-0.15, -0.1) is 0 Å². The molecule has 1 aliphatic carbocycles. The molecule has 2 rings (SSSR count). The molecule has 8 heteroatoms. The van der Waals surface area contributed by atoms with Crippen molar-refractivity contribution in [2.45, 2.75) is 33.8 Å². The fourth-order valence-corrected chi connectivity index (χ4v) is 4.07. The average molecular weight is 348 g/mol. The molecule has 0 aromatic heterocycles. The van der Waals surface area contributed by atoms with E-state index in [9.17, 15) is 17.8 Å². The van der Waals surface area contributed by atoms with Crippen LogP contribution in [0.1, 0.15) is 27.7 Å². The fraction of sp³-hybridized carbons (Fsp3) is 0.933. The average Bonchev–Trinajstić information content (AvgIpc) is 2.78. The van der Waals surface area contributed by atoms with Crippen LogP contribution in [-0.2, 0) is 24.4 Å². The molecule has 1 aliphatic heterocycles. The lowest BCUT2D eigenvalue weighted by Crippen LogP contribution is -2.44. The summed E-state index contributed by atoms with van der Waals surface area (Å²) in [6.45, 7) is 10.5. The van der Waals surface area contributed by atoms with Crippen LogP contribution >= 0.6 is 0 Å². The highest BCUT2D eigenvalue weighted by Gasteiger charge is 2.69. The van der Waals surface area contributed by atoms with E-state index in [1.807, 2.05) is 32.6 Å². The van der Waals surface area contributed by atoms with E-state index in [1.165, 1.54) is 0 Å². The number of morpholine rings is 1. The Morgan fingerprint density at radius 3 is 2.22 bits per heavy atom. The van der Waals surface area contributed by atoms with E-state index in [1.54, 1.807) is 0 Å². The maximum atomic E-state index is 12.4. The van der Waals surface area contributed by atoms with Crippen LogP contribution in [0.3, 0.4) is 0 Å². The fourth-order valence-electron chi connectivity index (χ4n) is 3.44. The van der Waals surface area contributed by atoms with Crippen molar-refractivity contribution >= 4 is 16.1 Å². The Balaban J connectivity index is 2.01. The predicted octanol–water partition coefficient (Wildman–Crippen LogP) is 0.458. The first kappa shape index (κ1) is 18.6. The highest BCUT2D eigenvalue weighted by atomic mass is 32.2. The van der Waals surface area contributed by atoms with Gasteiger partial charge in [-0.25, -0.2) is 8.42 Å². The van der Waals surface area contributed by atoms with Crippen molar-refractivity contribution < 1.29 is 27.2 Å². The van der Waals surface area contributed by atoms with Gasteiger partial charge >= 0.3 is 5.97 Å². The van der Waals surface area contributed by atoms with E-state index < -0.39 is 27.9 Å². The molecule has 1 saturated carbocycles. The second-order valence-electron chi connectivity index (χ2n) is 7.57. The van der Waals surface area contributed by atoms with Crippen molar-refractivity contribution in [1.82, 2.24) is 4.90 Å². The third-order valence-corrected chi connectivity index (χ3v) is 6.27. The molecule has 0 aromatic carbocycles. The molecule has 0 spiro atoms. The third-order valence-electron chi connectivity index (χ3n) is 5.49. The molecular formula is C15H26NO6S-. The van der Waals surface area contributed by atoms with E-state index in [4.69, 9.17) is 9.47 Å². The molecule has 2 fully saturated rings. The quantitative estimate of drug-likeness (QED) is 0.508. The zero-order chi connectivity index (χ0) is 17.5. The van der Waals surface area contributed by atoms with Crippen molar-refractivity contribution in [2.75, 3.05) is 38.6 Å². The number of carbonyl (C=O) groups excluding carboxylic acids is 1. The van der Waals surface area contributed by atoms with Crippen LogP contribution in [0.25, 0.3) is 0 Å². The highest BCUT2D eigenvalue weighted by Crippen LogP contribution is 2.68. The van der Waals surface area contributed by atoms with Crippen LogP contribution in [0.15, 0.2) is 0 Å². The minimum atomic E-state index is -4.47. The summed E-state index contributed by atoms with van der Waals surface area (Å²) in [4.78, 5) is 14.4. The number of carbonyl (C=O) groups is 1. The van der Waals surface area contributed by atoms with Crippen molar-refractivity contribution in [3.8, 4) is 0 Å². The van der Waals surface area contributed by atoms with Crippen molar-refractivity contribution in [3.05, 3.63) is 0 Å². The molecule has 1 unspecified atom stereocenters. The molecule has 0 N–H and O–H groups in total. The number of rotatable bonds is 6. The van der Waals surface area contributed by atoms with Gasteiger partial charge in [-0.3, -0.25) is 9.69 Å². The van der Waals surface area contributed by atoms with Crippen molar-refractivity contribution in [1.29, 1.82) is 0 Å². The van der Waals surface area contributed by atoms with Gasteiger partial charge in [0.2, 0.25) is 0 Å². The number of esters is 1. The molecule has 0 radical (unpaired) electrons. The summed E-state index contributed by atoms with van der Waals surface area (Å²) in [6.07, 6.45) is -0.935. The van der Waals surface area contributed by atoms with Gasteiger partial charge in [-0.1, -0.05) is 27.7 Å². The zero-order valence-electron chi connectivity index (χ0n) is 14.2. The molecule has 0 amide bonds. The zero-order valence-corrected chi connectivity index (χ0v) is 15.0. The number of hydrogen-bond donors (Lipinski definition) is 0. The van der Waals surface area contributed by atoms with Gasteiger partial charge in [0.25, 0.3) is 0 Å². The molecule has 23 heavy (non-hydrogen) atoms. The Bertz CT molecular complexity index is 536. The van der Waals surface area contributed by atoms with Crippen LogP contribution < -0.4 is 0 Å². The summed E-state index contributed by atoms with van der Waals surface area (Å²) in [6, 6.07) is 0. The molecule has 1 saturated heterocycles. The number of ether oxygens (including phenoxy) is 2. The van der Waals surface area contributed by atoms with Gasteiger partial charge in [-0.2, -0.15) is 0 Å². The molecule has 1 atom stereocenters. The molecule has 2 aliphatic rings. The van der Waals surface area contributed by atoms with E-state index in [2.05, 4.69) is 0 Å². The Morgan fingerprint density at radius 2 is 1.78 bits per heavy atom. The summed E-state index contributed by atoms with van der Waals surface area (Å²) in [5, 5.41) is 0. The van der Waals surface area contributed by atoms with Gasteiger partial charge in [-0.05, 0) is 10.8 Å². The van der Waals surface area contributed by atoms with Crippen LogP contribution in [0, 0.1) is 16.7 Å². The summed E-state index contributed by atoms with van der Waals surface area (Å²) >= 11 is 0. The molecule has 0 bridgehead atoms. The van der Waals surface area contributed by atoms with E-state index in [0.29, 0.717) is 26.3 Å². The minimum Gasteiger partial charge on any atom is -0.748 e. The first-order chi connectivity index (χ1) is 10.4. The van der Waals surface area contributed by atoms with Gasteiger partial charge < -0.3 is 14.0 Å². The lowest BCUT2D eigenvalue weighted by atomic mass is 10.0. The summed E-state index contributed by atoms with van der Waals surface area (Å²) < 4.78 is 44.0. The Morgan fingerprint density at radius 1 is 1.26 bits per heavy atom. The largest absolute Gasteiger partial charge is 0.748 e. The first-order valence-corrected chi connectivity index (χ1v) is 9.47. The molecule has 7 nitrogen and oxygen atoms in total. The standard InChI is InChI=1S/C15H27NO6S/c1-14(2)12(15(14,3)4)13(17)22-11(10-23(18,19)20)9-16-5-7-21-8-6-16/h11-12H,5-10H2,1-4H3,(H,18,19,20)/p-1. The molecule has 0 aromatic rings. The van der Waals surface area contributed by atoms with Gasteiger partial charge in [0.05, 0.1) is 35.0 Å². The van der Waals surface area contributed by atoms with E-state index in [-0.39, 0.29) is 23.3 Å². The SMILES string of the molecule is CC1(C)C(C(=O)OC(CN2CCOCC2)CS(=O)(=O)[O-])C1(C)C. The molecule has 134 valence electrons. The van der Waals surface area contributed by atoms with Crippen LogP contribution in [0.2, 0.25) is 0 Å². The van der Waals surface area contributed by atoms with E-state index in [0.717, 1.165) is 0 Å². The second kappa shape index (κ2) is 6.31. The van der Waals surface area contributed by atoms with Crippen molar-refractivity contribution in [2.24, 2.45) is 16.7 Å². The van der Waals surface area contributed by atoms with E-state index >= 15 is 0 Å². The maximum absolute atomic E-state index is 12.4. The minimum absolute atomic E-state index is 0.191. The normalized spacial score (nSPS) is 25.8. The van der Waals surface area contributed by atoms with Crippen LogP contribution in [-0.4, -0.2) is 68.5 Å². The Hall–Kier alpha value is -0.700. The predicted molar refractivity (Wildman–Crippen MR) is 82.8 cm³/mol. The summed E-state index contributed by atoms with van der Waals surface area (Å²) in [5.41, 5.74) is -0.381. The lowest BCUT2D eigenvalue weighted by Gasteiger charge is -2.30. The Labute approximate surface area is 138 Å². The van der Waals surface area contributed by atoms with Gasteiger partial charge in [0.15, 0.2) is 0 Å². The van der Waals surface area contributed by atoms with Crippen LogP contribution in [0.5, 0.6) is 0 Å². The highest BCUT2D eigenvalue weighted by molar-refractivity contribution is 7.85. The third kappa shape index (κ3) is 4.23. The number of nitrogens with zero attached hydrogens (tertiary/aromatic N) is 1. The van der Waals surface area contributed by atoms with Gasteiger partial charge in [0, 0.05) is 19.6 Å². The molecular weight excluding hydrogens is 322 g/mol. The summed E-state index contributed by atoms with van der Waals surface area (Å²) in [5.74, 6) is -1.39.